The topological polar surface area (TPSA) is 87.1 Å². The number of aromatic hydroxyl groups is 1. The van der Waals surface area contributed by atoms with Gasteiger partial charge >= 0.3 is 7.12 Å². The van der Waals surface area contributed by atoms with Crippen molar-refractivity contribution in [1.29, 1.82) is 0 Å². The van der Waals surface area contributed by atoms with Crippen LogP contribution in [0.2, 0.25) is 6.32 Å². The fourth-order valence-electron chi connectivity index (χ4n) is 6.49. The molecule has 2 amide bonds. The number of hydrogen-bond donors (Lipinski definition) is 2. The van der Waals surface area contributed by atoms with Gasteiger partial charge in [0.15, 0.2) is 0 Å². The summed E-state index contributed by atoms with van der Waals surface area (Å²) in [5.41, 5.74) is 4.79. The molecule has 1 aliphatic carbocycles. The highest BCUT2D eigenvalue weighted by Crippen LogP contribution is 2.51. The molecule has 3 aliphatic rings. The van der Waals surface area contributed by atoms with Crippen molar-refractivity contribution in [2.45, 2.75) is 58.4 Å². The number of nitrogens with zero attached hydrogens (tertiary/aromatic N) is 1. The van der Waals surface area contributed by atoms with Crippen molar-refractivity contribution in [2.24, 2.45) is 17.8 Å². The van der Waals surface area contributed by atoms with E-state index in [9.17, 15) is 19.7 Å². The first-order valence-electron chi connectivity index (χ1n) is 13.3. The fraction of sp³-hybridized carbons (Fsp3) is 0.400. The monoisotopic (exact) mass is 499 g/mol. The van der Waals surface area contributed by atoms with Crippen molar-refractivity contribution in [1.82, 2.24) is 0 Å². The molecule has 2 aromatic carbocycles. The highest BCUT2D eigenvalue weighted by Gasteiger charge is 2.57. The van der Waals surface area contributed by atoms with Gasteiger partial charge in [-0.25, -0.2) is 0 Å². The summed E-state index contributed by atoms with van der Waals surface area (Å²) in [7, 11) is -0.976. The lowest BCUT2D eigenvalue weighted by molar-refractivity contribution is -0.122. The number of phenolic OH excluding ortho intramolecular Hbond substituents is 1. The summed E-state index contributed by atoms with van der Waals surface area (Å²) in [6.45, 7) is 4.17. The van der Waals surface area contributed by atoms with Gasteiger partial charge < -0.3 is 14.8 Å². The molecule has 0 bridgehead atoms. The van der Waals surface area contributed by atoms with Gasteiger partial charge in [0.05, 0.1) is 23.6 Å². The van der Waals surface area contributed by atoms with Gasteiger partial charge in [0.25, 0.3) is 0 Å². The minimum Gasteiger partial charge on any atom is -0.507 e. The molecule has 0 aromatic heterocycles. The van der Waals surface area contributed by atoms with Crippen LogP contribution in [0.25, 0.3) is 6.08 Å². The van der Waals surface area contributed by atoms with Crippen LogP contribution in [0.5, 0.6) is 5.75 Å². The summed E-state index contributed by atoms with van der Waals surface area (Å²) in [5, 5.41) is 20.9. The van der Waals surface area contributed by atoms with E-state index >= 15 is 0 Å². The Kier molecular flexibility index (Phi) is 7.36. The lowest BCUT2D eigenvalue weighted by Crippen LogP contribution is -2.46. The third-order valence-corrected chi connectivity index (χ3v) is 8.06. The molecular formula is C30H34BNO5. The molecule has 2 aliphatic heterocycles. The summed E-state index contributed by atoms with van der Waals surface area (Å²) in [5.74, 6) is -1.15. The van der Waals surface area contributed by atoms with Crippen LogP contribution in [-0.4, -0.2) is 35.2 Å². The van der Waals surface area contributed by atoms with Crippen LogP contribution in [-0.2, 0) is 14.2 Å². The van der Waals surface area contributed by atoms with Crippen LogP contribution in [0.4, 0.5) is 5.69 Å². The third kappa shape index (κ3) is 4.90. The number of fused-ring (bicyclic) bond motifs is 3. The number of phenols is 1. The van der Waals surface area contributed by atoms with Gasteiger partial charge in [-0.15, -0.1) is 0 Å². The molecule has 2 aromatic rings. The van der Waals surface area contributed by atoms with Crippen LogP contribution < -0.4 is 4.90 Å². The van der Waals surface area contributed by atoms with Gasteiger partial charge in [0.2, 0.25) is 11.8 Å². The van der Waals surface area contributed by atoms with E-state index < -0.39 is 19.0 Å². The quantitative estimate of drug-likeness (QED) is 0.304. The molecule has 2 heterocycles. The van der Waals surface area contributed by atoms with Crippen LogP contribution in [0.3, 0.4) is 0 Å². The second kappa shape index (κ2) is 10.7. The number of carbonyl (C=O) groups is 2. The molecule has 4 atom stereocenters. The van der Waals surface area contributed by atoms with Crippen LogP contribution >= 0.6 is 0 Å². The van der Waals surface area contributed by atoms with Crippen LogP contribution in [0.15, 0.2) is 71.3 Å². The Hall–Kier alpha value is -3.16. The van der Waals surface area contributed by atoms with Crippen molar-refractivity contribution in [3.8, 4) is 5.75 Å². The van der Waals surface area contributed by atoms with Gasteiger partial charge in [-0.05, 0) is 68.6 Å². The Bertz CT molecular complexity index is 1240. The van der Waals surface area contributed by atoms with E-state index in [1.807, 2.05) is 49.4 Å². The standard InChI is InChI=1S/C30H34BNO5/c1-3-9-20(17-21-10-7-8-13-25(21)33)14-15-26-27-19(2)16-23-28(24(27)18-31(36)37-26)30(35)32(29(23)34)22-11-5-4-6-12-22/h4-8,10-13,17,23-24,26,28,33,36H,3,9,14-16,18H2,1-2H3/b20-17+/t23-,24+,26-,28-/m1/s1. The molecule has 2 saturated heterocycles. The van der Waals surface area contributed by atoms with Gasteiger partial charge in [-0.3, -0.25) is 14.5 Å². The SMILES string of the molecule is CCC/C(=C\c1ccccc1O)CC[C@H]1OB(O)C[C@H]2C1=C(C)C[C@H]1C(=O)N(c3ccccc3)C(=O)[C@H]12. The summed E-state index contributed by atoms with van der Waals surface area (Å²) < 4.78 is 6.06. The number of anilines is 1. The molecule has 5 rings (SSSR count). The molecule has 0 unspecified atom stereocenters. The zero-order chi connectivity index (χ0) is 26.1. The maximum Gasteiger partial charge on any atom is 0.455 e. The van der Waals surface area contributed by atoms with Crippen molar-refractivity contribution in [3.05, 3.63) is 76.9 Å². The van der Waals surface area contributed by atoms with E-state index in [4.69, 9.17) is 4.65 Å². The molecule has 0 spiro atoms. The predicted octanol–water partition coefficient (Wildman–Crippen LogP) is 5.38. The molecule has 0 saturated carbocycles. The Morgan fingerprint density at radius 1 is 1.05 bits per heavy atom. The number of imide groups is 1. The van der Waals surface area contributed by atoms with Crippen molar-refractivity contribution in [3.63, 3.8) is 0 Å². The van der Waals surface area contributed by atoms with Gasteiger partial charge in [-0.2, -0.15) is 0 Å². The number of carbonyl (C=O) groups excluding carboxylic acids is 2. The zero-order valence-corrected chi connectivity index (χ0v) is 21.5. The maximum absolute atomic E-state index is 13.6. The van der Waals surface area contributed by atoms with Gasteiger partial charge in [-0.1, -0.05) is 67.0 Å². The van der Waals surface area contributed by atoms with Crippen LogP contribution in [0, 0.1) is 17.8 Å². The van der Waals surface area contributed by atoms with E-state index in [0.717, 1.165) is 36.0 Å². The average molecular weight is 499 g/mol. The summed E-state index contributed by atoms with van der Waals surface area (Å²) in [6, 6.07) is 16.4. The Balaban J connectivity index is 1.40. The molecule has 192 valence electrons. The molecule has 2 fully saturated rings. The Labute approximate surface area is 218 Å². The number of benzene rings is 2. The highest BCUT2D eigenvalue weighted by atomic mass is 16.5. The van der Waals surface area contributed by atoms with Crippen molar-refractivity contribution < 1.29 is 24.4 Å². The summed E-state index contributed by atoms with van der Waals surface area (Å²) >= 11 is 0. The van der Waals surface area contributed by atoms with Crippen molar-refractivity contribution >= 4 is 30.7 Å². The predicted molar refractivity (Wildman–Crippen MR) is 145 cm³/mol. The third-order valence-electron chi connectivity index (χ3n) is 8.06. The Morgan fingerprint density at radius 3 is 2.51 bits per heavy atom. The van der Waals surface area contributed by atoms with Gasteiger partial charge in [0.1, 0.15) is 5.75 Å². The lowest BCUT2D eigenvalue weighted by Gasteiger charge is -2.42. The smallest absolute Gasteiger partial charge is 0.455 e. The second-order valence-corrected chi connectivity index (χ2v) is 10.5. The molecule has 7 heteroatoms. The van der Waals surface area contributed by atoms with E-state index in [1.54, 1.807) is 18.2 Å². The van der Waals surface area contributed by atoms with Crippen LogP contribution in [0.1, 0.15) is 51.5 Å². The lowest BCUT2D eigenvalue weighted by atomic mass is 9.58. The number of rotatable bonds is 7. The average Bonchev–Trinajstić information content (AvgIpc) is 3.13. The van der Waals surface area contributed by atoms with E-state index in [-0.39, 0.29) is 29.6 Å². The zero-order valence-electron chi connectivity index (χ0n) is 21.5. The summed E-state index contributed by atoms with van der Waals surface area (Å²) in [4.78, 5) is 28.4. The van der Waals surface area contributed by atoms with E-state index in [0.29, 0.717) is 24.8 Å². The first-order valence-corrected chi connectivity index (χ1v) is 13.3. The number of hydrogen-bond acceptors (Lipinski definition) is 5. The number of amides is 2. The first kappa shape index (κ1) is 25.5. The van der Waals surface area contributed by atoms with Crippen molar-refractivity contribution in [2.75, 3.05) is 4.90 Å². The minimum atomic E-state index is -0.976. The molecule has 6 nitrogen and oxygen atoms in total. The molecule has 37 heavy (non-hydrogen) atoms. The first-order chi connectivity index (χ1) is 17.9. The minimum absolute atomic E-state index is 0.145. The summed E-state index contributed by atoms with van der Waals surface area (Å²) in [6.07, 6.45) is 5.89. The molecule has 0 radical (unpaired) electrons. The normalized spacial score (nSPS) is 26.0. The van der Waals surface area contributed by atoms with Gasteiger partial charge in [0, 0.05) is 5.56 Å². The largest absolute Gasteiger partial charge is 0.507 e. The number of para-hydroxylation sites is 2. The maximum atomic E-state index is 13.6. The second-order valence-electron chi connectivity index (χ2n) is 10.5. The Morgan fingerprint density at radius 2 is 1.78 bits per heavy atom. The van der Waals surface area contributed by atoms with E-state index in [2.05, 4.69) is 6.92 Å². The highest BCUT2D eigenvalue weighted by molar-refractivity contribution is 6.43. The molecular weight excluding hydrogens is 465 g/mol. The molecule has 2 N–H and O–H groups in total. The number of allylic oxidation sites excluding steroid dienone is 2. The fourth-order valence-corrected chi connectivity index (χ4v) is 6.49. The van der Waals surface area contributed by atoms with E-state index in [1.165, 1.54) is 10.5 Å².